The second-order valence-electron chi connectivity index (χ2n) is 4.59. The molecular formula is C14H25ClN4. The first-order chi connectivity index (χ1) is 9.22. The smallest absolute Gasteiger partial charge is 0.224 e. The Morgan fingerprint density at radius 1 is 1.16 bits per heavy atom. The van der Waals surface area contributed by atoms with Crippen LogP contribution in [-0.4, -0.2) is 29.6 Å². The van der Waals surface area contributed by atoms with E-state index in [0.717, 1.165) is 38.3 Å². The Morgan fingerprint density at radius 3 is 2.32 bits per heavy atom. The van der Waals surface area contributed by atoms with Crippen LogP contribution in [-0.2, 0) is 0 Å². The van der Waals surface area contributed by atoms with E-state index in [-0.39, 0.29) is 0 Å². The summed E-state index contributed by atoms with van der Waals surface area (Å²) in [5, 5.41) is 3.77. The topological polar surface area (TPSA) is 41.1 Å². The van der Waals surface area contributed by atoms with Crippen molar-refractivity contribution in [3.8, 4) is 0 Å². The second kappa shape index (κ2) is 8.97. The summed E-state index contributed by atoms with van der Waals surface area (Å²) in [6, 6.07) is 0. The van der Waals surface area contributed by atoms with E-state index in [9.17, 15) is 0 Å². The normalized spacial score (nSPS) is 10.5. The number of hydrogen-bond donors (Lipinski definition) is 1. The molecule has 5 heteroatoms. The van der Waals surface area contributed by atoms with Gasteiger partial charge in [0, 0.05) is 19.6 Å². The summed E-state index contributed by atoms with van der Waals surface area (Å²) in [7, 11) is 0. The van der Waals surface area contributed by atoms with Crippen LogP contribution in [0.2, 0.25) is 5.02 Å². The highest BCUT2D eigenvalue weighted by atomic mass is 35.5. The SMILES string of the molecule is CCCCN(CCCC)c1nc(NCC)ncc1Cl. The lowest BCUT2D eigenvalue weighted by Crippen LogP contribution is -2.27. The van der Waals surface area contributed by atoms with Crippen molar-refractivity contribution in [1.29, 1.82) is 0 Å². The van der Waals surface area contributed by atoms with Gasteiger partial charge in [-0.15, -0.1) is 0 Å². The lowest BCUT2D eigenvalue weighted by Gasteiger charge is -2.24. The highest BCUT2D eigenvalue weighted by Gasteiger charge is 2.13. The van der Waals surface area contributed by atoms with E-state index < -0.39 is 0 Å². The van der Waals surface area contributed by atoms with E-state index in [0.29, 0.717) is 11.0 Å². The number of unbranched alkanes of at least 4 members (excludes halogenated alkanes) is 2. The van der Waals surface area contributed by atoms with Gasteiger partial charge in [-0.25, -0.2) is 4.98 Å². The van der Waals surface area contributed by atoms with E-state index in [4.69, 9.17) is 11.6 Å². The molecule has 108 valence electrons. The summed E-state index contributed by atoms with van der Waals surface area (Å²) < 4.78 is 0. The minimum atomic E-state index is 0.633. The van der Waals surface area contributed by atoms with Crippen LogP contribution in [0.5, 0.6) is 0 Å². The maximum Gasteiger partial charge on any atom is 0.224 e. The van der Waals surface area contributed by atoms with Crippen LogP contribution in [0, 0.1) is 0 Å². The minimum absolute atomic E-state index is 0.633. The van der Waals surface area contributed by atoms with Gasteiger partial charge in [-0.05, 0) is 19.8 Å². The molecule has 0 aliphatic rings. The quantitative estimate of drug-likeness (QED) is 0.745. The number of hydrogen-bond acceptors (Lipinski definition) is 4. The number of halogens is 1. The Morgan fingerprint density at radius 2 is 1.79 bits per heavy atom. The fourth-order valence-corrected chi connectivity index (χ4v) is 2.06. The molecule has 1 aromatic rings. The van der Waals surface area contributed by atoms with Gasteiger partial charge in [-0.1, -0.05) is 38.3 Å². The first-order valence-corrected chi connectivity index (χ1v) is 7.62. The molecule has 19 heavy (non-hydrogen) atoms. The molecule has 0 bridgehead atoms. The van der Waals surface area contributed by atoms with Crippen LogP contribution in [0.15, 0.2) is 6.20 Å². The van der Waals surface area contributed by atoms with Crippen molar-refractivity contribution in [2.45, 2.75) is 46.5 Å². The fourth-order valence-electron chi connectivity index (χ4n) is 1.84. The molecule has 1 heterocycles. The molecule has 0 aromatic carbocycles. The highest BCUT2D eigenvalue weighted by Crippen LogP contribution is 2.24. The van der Waals surface area contributed by atoms with E-state index in [1.807, 2.05) is 6.92 Å². The van der Waals surface area contributed by atoms with Crippen LogP contribution in [0.1, 0.15) is 46.5 Å². The summed E-state index contributed by atoms with van der Waals surface area (Å²) in [6.07, 6.45) is 6.34. The molecule has 0 saturated carbocycles. The van der Waals surface area contributed by atoms with Crippen molar-refractivity contribution in [3.63, 3.8) is 0 Å². The molecule has 0 saturated heterocycles. The molecule has 1 aromatic heterocycles. The van der Waals surface area contributed by atoms with E-state index in [1.54, 1.807) is 6.20 Å². The molecular weight excluding hydrogens is 260 g/mol. The Hall–Kier alpha value is -1.03. The largest absolute Gasteiger partial charge is 0.355 e. The minimum Gasteiger partial charge on any atom is -0.355 e. The molecule has 0 spiro atoms. The van der Waals surface area contributed by atoms with Crippen LogP contribution in [0.4, 0.5) is 11.8 Å². The Balaban J connectivity index is 2.87. The molecule has 4 nitrogen and oxygen atoms in total. The van der Waals surface area contributed by atoms with Gasteiger partial charge in [0.2, 0.25) is 5.95 Å². The molecule has 0 aliphatic heterocycles. The van der Waals surface area contributed by atoms with Crippen LogP contribution in [0.3, 0.4) is 0 Å². The molecule has 0 aliphatic carbocycles. The lowest BCUT2D eigenvalue weighted by atomic mass is 10.2. The Bertz CT molecular complexity index is 362. The predicted molar refractivity (Wildman–Crippen MR) is 83.2 cm³/mol. The maximum atomic E-state index is 6.25. The van der Waals surface area contributed by atoms with Gasteiger partial charge in [0.15, 0.2) is 5.82 Å². The van der Waals surface area contributed by atoms with Crippen molar-refractivity contribution < 1.29 is 0 Å². The average molecular weight is 285 g/mol. The van der Waals surface area contributed by atoms with Crippen molar-refractivity contribution in [1.82, 2.24) is 9.97 Å². The van der Waals surface area contributed by atoms with E-state index in [2.05, 4.69) is 34.0 Å². The number of aromatic nitrogens is 2. The zero-order valence-corrected chi connectivity index (χ0v) is 13.0. The first-order valence-electron chi connectivity index (χ1n) is 7.24. The van der Waals surface area contributed by atoms with Gasteiger partial charge in [0.25, 0.3) is 0 Å². The number of nitrogens with one attached hydrogen (secondary N) is 1. The van der Waals surface area contributed by atoms with E-state index >= 15 is 0 Å². The zero-order valence-electron chi connectivity index (χ0n) is 12.2. The summed E-state index contributed by atoms with van der Waals surface area (Å²) in [4.78, 5) is 11.0. The van der Waals surface area contributed by atoms with Crippen molar-refractivity contribution in [3.05, 3.63) is 11.2 Å². The fraction of sp³-hybridized carbons (Fsp3) is 0.714. The van der Waals surface area contributed by atoms with Crippen LogP contribution < -0.4 is 10.2 Å². The van der Waals surface area contributed by atoms with Crippen LogP contribution >= 0.6 is 11.6 Å². The average Bonchev–Trinajstić information content (AvgIpc) is 2.42. The molecule has 0 atom stereocenters. The van der Waals surface area contributed by atoms with Crippen molar-refractivity contribution in [2.24, 2.45) is 0 Å². The van der Waals surface area contributed by atoms with Crippen molar-refractivity contribution in [2.75, 3.05) is 29.9 Å². The monoisotopic (exact) mass is 284 g/mol. The van der Waals surface area contributed by atoms with Gasteiger partial charge in [0.05, 0.1) is 6.20 Å². The molecule has 1 rings (SSSR count). The summed E-state index contributed by atoms with van der Waals surface area (Å²) >= 11 is 6.25. The molecule has 0 fully saturated rings. The van der Waals surface area contributed by atoms with Gasteiger partial charge >= 0.3 is 0 Å². The van der Waals surface area contributed by atoms with Crippen molar-refractivity contribution >= 4 is 23.4 Å². The summed E-state index contributed by atoms with van der Waals surface area (Å²) in [5.74, 6) is 1.51. The molecule has 0 unspecified atom stereocenters. The molecule has 0 amide bonds. The van der Waals surface area contributed by atoms with Gasteiger partial charge < -0.3 is 10.2 Å². The second-order valence-corrected chi connectivity index (χ2v) is 5.00. The Labute approximate surface area is 121 Å². The predicted octanol–water partition coefficient (Wildman–Crippen LogP) is 3.97. The Kier molecular flexibility index (Phi) is 7.56. The number of anilines is 2. The van der Waals surface area contributed by atoms with Gasteiger partial charge in [-0.2, -0.15) is 4.98 Å². The number of rotatable bonds is 9. The summed E-state index contributed by atoms with van der Waals surface area (Å²) in [5.41, 5.74) is 0. The number of nitrogens with zero attached hydrogens (tertiary/aromatic N) is 3. The third kappa shape index (κ3) is 5.23. The lowest BCUT2D eigenvalue weighted by molar-refractivity contribution is 0.671. The van der Waals surface area contributed by atoms with Gasteiger partial charge in [0.1, 0.15) is 5.02 Å². The van der Waals surface area contributed by atoms with E-state index in [1.165, 1.54) is 12.8 Å². The van der Waals surface area contributed by atoms with Gasteiger partial charge in [-0.3, -0.25) is 0 Å². The highest BCUT2D eigenvalue weighted by molar-refractivity contribution is 6.32. The standard InChI is InChI=1S/C14H25ClN4/c1-4-7-9-19(10-8-5-2)13-12(15)11-17-14(18-13)16-6-3/h11H,4-10H2,1-3H3,(H,16,17,18). The molecule has 1 N–H and O–H groups in total. The zero-order chi connectivity index (χ0) is 14.1. The summed E-state index contributed by atoms with van der Waals surface area (Å²) in [6.45, 7) is 9.24. The third-order valence-corrected chi connectivity index (χ3v) is 3.19. The third-order valence-electron chi connectivity index (χ3n) is 2.92. The first kappa shape index (κ1) is 16.0. The van der Waals surface area contributed by atoms with Crippen LogP contribution in [0.25, 0.3) is 0 Å². The maximum absolute atomic E-state index is 6.25. The molecule has 0 radical (unpaired) electrons.